The van der Waals surface area contributed by atoms with E-state index in [1.807, 2.05) is 13.8 Å². The molecule has 0 atom stereocenters. The second-order valence-corrected chi connectivity index (χ2v) is 4.98. The van der Waals surface area contributed by atoms with Crippen LogP contribution >= 0.6 is 11.6 Å². The first kappa shape index (κ1) is 13.8. The van der Waals surface area contributed by atoms with Gasteiger partial charge in [0.2, 0.25) is 11.1 Å². The number of para-hydroxylation sites is 1. The normalized spacial score (nSPS) is 11.3. The molecule has 0 radical (unpaired) electrons. The van der Waals surface area contributed by atoms with Crippen LogP contribution in [-0.4, -0.2) is 21.1 Å². The molecule has 0 fully saturated rings. The van der Waals surface area contributed by atoms with Crippen molar-refractivity contribution >= 4 is 22.6 Å². The van der Waals surface area contributed by atoms with Gasteiger partial charge in [-0.05, 0) is 37.6 Å². The smallest absolute Gasteiger partial charge is 0.321 e. The monoisotopic (exact) mass is 307 g/mol. The van der Waals surface area contributed by atoms with E-state index in [9.17, 15) is 4.39 Å². The Labute approximate surface area is 124 Å². The summed E-state index contributed by atoms with van der Waals surface area (Å²) in [5.74, 6) is 0.0480. The van der Waals surface area contributed by atoms with E-state index in [1.54, 1.807) is 18.2 Å². The lowest BCUT2D eigenvalue weighted by atomic mass is 10.2. The molecule has 3 rings (SSSR count). The summed E-state index contributed by atoms with van der Waals surface area (Å²) in [5.41, 5.74) is 0.148. The fraction of sp³-hybridized carbons (Fsp3) is 0.214. The van der Waals surface area contributed by atoms with Crippen molar-refractivity contribution in [1.29, 1.82) is 0 Å². The Morgan fingerprint density at radius 3 is 2.76 bits per heavy atom. The van der Waals surface area contributed by atoms with Gasteiger partial charge in [0.15, 0.2) is 17.2 Å². The zero-order valence-electron chi connectivity index (χ0n) is 11.3. The van der Waals surface area contributed by atoms with E-state index in [0.29, 0.717) is 11.1 Å². The molecule has 0 saturated carbocycles. The molecule has 5 nitrogen and oxygen atoms in total. The summed E-state index contributed by atoms with van der Waals surface area (Å²) >= 11 is 5.86. The molecule has 0 aliphatic rings. The molecular weight excluding hydrogens is 297 g/mol. The number of ether oxygens (including phenoxy) is 1. The third kappa shape index (κ3) is 2.80. The highest BCUT2D eigenvalue weighted by Gasteiger charge is 2.15. The average Bonchev–Trinajstić information content (AvgIpc) is 2.82. The summed E-state index contributed by atoms with van der Waals surface area (Å²) in [7, 11) is 0. The van der Waals surface area contributed by atoms with Crippen molar-refractivity contribution in [3.8, 4) is 17.6 Å². The highest BCUT2D eigenvalue weighted by Crippen LogP contribution is 2.28. The van der Waals surface area contributed by atoms with E-state index >= 15 is 0 Å². The molecule has 0 amide bonds. The zero-order chi connectivity index (χ0) is 15.0. The fourth-order valence-electron chi connectivity index (χ4n) is 1.84. The fourth-order valence-corrected chi connectivity index (χ4v) is 2.00. The van der Waals surface area contributed by atoms with Gasteiger partial charge < -0.3 is 9.15 Å². The second-order valence-electron chi connectivity index (χ2n) is 4.65. The number of benzene rings is 1. The van der Waals surface area contributed by atoms with Gasteiger partial charge in [0, 0.05) is 5.39 Å². The number of halogens is 2. The Hall–Kier alpha value is -2.21. The van der Waals surface area contributed by atoms with Gasteiger partial charge in [0.05, 0.1) is 6.10 Å². The third-order valence-electron chi connectivity index (χ3n) is 2.65. The van der Waals surface area contributed by atoms with Gasteiger partial charge in [-0.2, -0.15) is 15.0 Å². The van der Waals surface area contributed by atoms with Crippen LogP contribution in [0.2, 0.25) is 5.28 Å². The van der Waals surface area contributed by atoms with Crippen molar-refractivity contribution in [1.82, 2.24) is 15.0 Å². The van der Waals surface area contributed by atoms with Crippen molar-refractivity contribution in [3.63, 3.8) is 0 Å². The predicted octanol–water partition coefficient (Wildman–Crippen LogP) is 3.86. The first-order valence-electron chi connectivity index (χ1n) is 6.29. The first-order valence-corrected chi connectivity index (χ1v) is 6.67. The van der Waals surface area contributed by atoms with E-state index in [4.69, 9.17) is 20.8 Å². The molecule has 3 aromatic rings. The minimum absolute atomic E-state index is 0.0171. The summed E-state index contributed by atoms with van der Waals surface area (Å²) in [6.45, 7) is 3.68. The highest BCUT2D eigenvalue weighted by atomic mass is 35.5. The van der Waals surface area contributed by atoms with Crippen LogP contribution in [0.5, 0.6) is 6.01 Å². The molecule has 2 heterocycles. The number of hydrogen-bond acceptors (Lipinski definition) is 5. The topological polar surface area (TPSA) is 61.0 Å². The van der Waals surface area contributed by atoms with Crippen LogP contribution in [0.15, 0.2) is 28.7 Å². The summed E-state index contributed by atoms with van der Waals surface area (Å²) in [6.07, 6.45) is -0.107. The van der Waals surface area contributed by atoms with E-state index in [-0.39, 0.29) is 28.8 Å². The number of furan rings is 1. The van der Waals surface area contributed by atoms with Crippen LogP contribution in [-0.2, 0) is 0 Å². The highest BCUT2D eigenvalue weighted by molar-refractivity contribution is 6.28. The second kappa shape index (κ2) is 5.29. The van der Waals surface area contributed by atoms with Gasteiger partial charge in [0.1, 0.15) is 0 Å². The van der Waals surface area contributed by atoms with Gasteiger partial charge >= 0.3 is 6.01 Å². The van der Waals surface area contributed by atoms with Gasteiger partial charge in [-0.1, -0.05) is 12.1 Å². The van der Waals surface area contributed by atoms with Crippen LogP contribution in [0.25, 0.3) is 22.6 Å². The van der Waals surface area contributed by atoms with Crippen molar-refractivity contribution in [2.45, 2.75) is 20.0 Å². The van der Waals surface area contributed by atoms with Gasteiger partial charge in [-0.15, -0.1) is 0 Å². The maximum Gasteiger partial charge on any atom is 0.321 e. The summed E-state index contributed by atoms with van der Waals surface area (Å²) in [6, 6.07) is 6.40. The number of nitrogens with zero attached hydrogens (tertiary/aromatic N) is 3. The Kier molecular flexibility index (Phi) is 3.47. The van der Waals surface area contributed by atoms with Crippen LogP contribution in [0, 0.1) is 5.82 Å². The van der Waals surface area contributed by atoms with E-state index in [2.05, 4.69) is 15.0 Å². The molecule has 0 unspecified atom stereocenters. The van der Waals surface area contributed by atoms with Crippen LogP contribution in [0.1, 0.15) is 13.8 Å². The lowest BCUT2D eigenvalue weighted by molar-refractivity contribution is 0.221. The van der Waals surface area contributed by atoms with E-state index in [1.165, 1.54) is 6.07 Å². The maximum atomic E-state index is 13.6. The van der Waals surface area contributed by atoms with Crippen molar-refractivity contribution in [2.75, 3.05) is 0 Å². The number of hydrogen-bond donors (Lipinski definition) is 0. The summed E-state index contributed by atoms with van der Waals surface area (Å²) in [4.78, 5) is 12.0. The molecule has 21 heavy (non-hydrogen) atoms. The van der Waals surface area contributed by atoms with Crippen molar-refractivity contribution in [2.24, 2.45) is 0 Å². The third-order valence-corrected chi connectivity index (χ3v) is 2.81. The Morgan fingerprint density at radius 2 is 2.05 bits per heavy atom. The van der Waals surface area contributed by atoms with Crippen LogP contribution in [0.4, 0.5) is 4.39 Å². The molecule has 108 valence electrons. The van der Waals surface area contributed by atoms with Crippen LogP contribution in [0.3, 0.4) is 0 Å². The molecule has 0 aliphatic carbocycles. The minimum Gasteiger partial charge on any atom is -0.461 e. The largest absolute Gasteiger partial charge is 0.461 e. The van der Waals surface area contributed by atoms with Crippen molar-refractivity contribution < 1.29 is 13.5 Å². The molecule has 0 saturated heterocycles. The molecular formula is C14H11ClFN3O2. The minimum atomic E-state index is -0.447. The lowest BCUT2D eigenvalue weighted by Crippen LogP contribution is -2.09. The lowest BCUT2D eigenvalue weighted by Gasteiger charge is -2.07. The zero-order valence-corrected chi connectivity index (χ0v) is 12.1. The Balaban J connectivity index is 2.09. The average molecular weight is 308 g/mol. The SMILES string of the molecule is CC(C)Oc1nc(Cl)nc(-c2cc3cccc(F)c3o2)n1. The molecule has 2 aromatic heterocycles. The standard InChI is InChI=1S/C14H11ClFN3O2/c1-7(2)20-14-18-12(17-13(15)19-14)10-6-8-4-3-5-9(16)11(8)21-10/h3-7H,1-2H3. The molecule has 0 aliphatic heterocycles. The summed E-state index contributed by atoms with van der Waals surface area (Å²) in [5, 5.41) is 0.601. The van der Waals surface area contributed by atoms with Crippen LogP contribution < -0.4 is 4.74 Å². The molecule has 0 N–H and O–H groups in total. The maximum absolute atomic E-state index is 13.6. The van der Waals surface area contributed by atoms with Gasteiger partial charge in [-0.25, -0.2) is 4.39 Å². The van der Waals surface area contributed by atoms with Crippen molar-refractivity contribution in [3.05, 3.63) is 35.4 Å². The molecule has 0 spiro atoms. The predicted molar refractivity (Wildman–Crippen MR) is 75.8 cm³/mol. The van der Waals surface area contributed by atoms with E-state index in [0.717, 1.165) is 0 Å². The summed E-state index contributed by atoms with van der Waals surface area (Å²) < 4.78 is 24.5. The number of rotatable bonds is 3. The Morgan fingerprint density at radius 1 is 1.24 bits per heavy atom. The number of fused-ring (bicyclic) bond motifs is 1. The first-order chi connectivity index (χ1) is 10.0. The molecule has 7 heteroatoms. The van der Waals surface area contributed by atoms with Gasteiger partial charge in [0.25, 0.3) is 0 Å². The number of aromatic nitrogens is 3. The molecule has 1 aromatic carbocycles. The quantitative estimate of drug-likeness (QED) is 0.735. The Bertz CT molecular complexity index is 804. The molecule has 0 bridgehead atoms. The van der Waals surface area contributed by atoms with E-state index < -0.39 is 5.82 Å². The van der Waals surface area contributed by atoms with Gasteiger partial charge in [-0.3, -0.25) is 0 Å².